The van der Waals surface area contributed by atoms with Gasteiger partial charge in [0.1, 0.15) is 17.7 Å². The van der Waals surface area contributed by atoms with Crippen LogP contribution in [-0.4, -0.2) is 63.0 Å². The average Bonchev–Trinajstić information content (AvgIpc) is 3.59. The summed E-state index contributed by atoms with van der Waals surface area (Å²) >= 11 is 6.34. The average molecular weight is 498 g/mol. The largest absolute Gasteiger partial charge is 0.446 e. The molecule has 2 aliphatic heterocycles. The minimum absolute atomic E-state index is 0.0112. The molecule has 0 N–H and O–H groups in total. The SMILES string of the molecule is CC1c2nnc(N3CCN(c4ccc(F)cn4)CC3)n2-c2ccc(Cl)cc2CN1C(=O)OC1CC1. The molecule has 1 saturated heterocycles. The molecule has 1 saturated carbocycles. The number of fused-ring (bicyclic) bond motifs is 3. The lowest BCUT2D eigenvalue weighted by Crippen LogP contribution is -2.47. The highest BCUT2D eigenvalue weighted by atomic mass is 35.5. The Labute approximate surface area is 207 Å². The molecule has 1 atom stereocenters. The van der Waals surface area contributed by atoms with Crippen molar-refractivity contribution in [3.63, 3.8) is 0 Å². The van der Waals surface area contributed by atoms with Gasteiger partial charge in [-0.2, -0.15) is 0 Å². The summed E-state index contributed by atoms with van der Waals surface area (Å²) in [6, 6.07) is 8.47. The van der Waals surface area contributed by atoms with Gasteiger partial charge < -0.3 is 14.5 Å². The van der Waals surface area contributed by atoms with Crippen LogP contribution in [0, 0.1) is 5.82 Å². The van der Waals surface area contributed by atoms with E-state index in [0.29, 0.717) is 43.6 Å². The van der Waals surface area contributed by atoms with Crippen molar-refractivity contribution in [3.8, 4) is 5.69 Å². The fourth-order valence-electron chi connectivity index (χ4n) is 4.66. The maximum absolute atomic E-state index is 13.3. The minimum Gasteiger partial charge on any atom is -0.446 e. The third-order valence-electron chi connectivity index (χ3n) is 6.76. The fraction of sp³-hybridized carbons (Fsp3) is 0.417. The van der Waals surface area contributed by atoms with Gasteiger partial charge in [0.2, 0.25) is 5.95 Å². The van der Waals surface area contributed by atoms with Crippen LogP contribution in [0.1, 0.15) is 37.2 Å². The van der Waals surface area contributed by atoms with Crippen LogP contribution in [0.3, 0.4) is 0 Å². The molecule has 9 nitrogen and oxygen atoms in total. The van der Waals surface area contributed by atoms with Crippen molar-refractivity contribution >= 4 is 29.5 Å². The van der Waals surface area contributed by atoms with Crippen molar-refractivity contribution in [2.24, 2.45) is 0 Å². The maximum Gasteiger partial charge on any atom is 0.410 e. The van der Waals surface area contributed by atoms with E-state index in [0.717, 1.165) is 35.9 Å². The lowest BCUT2D eigenvalue weighted by Gasteiger charge is -2.36. The second kappa shape index (κ2) is 8.67. The summed E-state index contributed by atoms with van der Waals surface area (Å²) in [5.41, 5.74) is 1.81. The lowest BCUT2D eigenvalue weighted by atomic mass is 10.1. The lowest BCUT2D eigenvalue weighted by molar-refractivity contribution is 0.0788. The quantitative estimate of drug-likeness (QED) is 0.542. The third kappa shape index (κ3) is 4.16. The third-order valence-corrected chi connectivity index (χ3v) is 7.00. The molecule has 1 amide bonds. The number of benzene rings is 1. The standard InChI is InChI=1S/C24H25ClFN7O2/c1-15-22-28-29-23(31-10-8-30(9-11-31)21-7-3-18(26)13-27-21)33(22)20-6-2-17(25)12-16(20)14-32(15)24(34)35-19-4-5-19/h2-3,6-7,12-13,15,19H,4-5,8-11,14H2,1H3. The molecule has 1 aliphatic carbocycles. The van der Waals surface area contributed by atoms with E-state index in [1.807, 2.05) is 29.7 Å². The van der Waals surface area contributed by atoms with Crippen LogP contribution >= 0.6 is 11.6 Å². The summed E-state index contributed by atoms with van der Waals surface area (Å²) in [7, 11) is 0. The van der Waals surface area contributed by atoms with Gasteiger partial charge in [0.25, 0.3) is 0 Å². The molecule has 6 rings (SSSR count). The molecule has 4 heterocycles. The van der Waals surface area contributed by atoms with Gasteiger partial charge in [-0.25, -0.2) is 14.2 Å². The van der Waals surface area contributed by atoms with E-state index in [9.17, 15) is 9.18 Å². The van der Waals surface area contributed by atoms with Gasteiger partial charge in [-0.05, 0) is 55.7 Å². The Hall–Kier alpha value is -3.40. The second-order valence-corrected chi connectivity index (χ2v) is 9.60. The number of rotatable bonds is 3. The van der Waals surface area contributed by atoms with Gasteiger partial charge in [-0.1, -0.05) is 11.6 Å². The van der Waals surface area contributed by atoms with E-state index in [1.54, 1.807) is 11.0 Å². The number of carbonyl (C=O) groups is 1. The number of anilines is 2. The summed E-state index contributed by atoms with van der Waals surface area (Å²) < 4.78 is 20.9. The van der Waals surface area contributed by atoms with Crippen molar-refractivity contribution in [2.75, 3.05) is 36.0 Å². The zero-order chi connectivity index (χ0) is 24.1. The molecular formula is C24H25ClFN7O2. The van der Waals surface area contributed by atoms with Gasteiger partial charge in [0.15, 0.2) is 5.82 Å². The van der Waals surface area contributed by atoms with Crippen LogP contribution in [0.4, 0.5) is 21.0 Å². The summed E-state index contributed by atoms with van der Waals surface area (Å²) in [5, 5.41) is 9.69. The Kier molecular flexibility index (Phi) is 5.47. The van der Waals surface area contributed by atoms with E-state index in [1.165, 1.54) is 12.3 Å². The van der Waals surface area contributed by atoms with Crippen molar-refractivity contribution in [3.05, 3.63) is 58.8 Å². The number of hydrogen-bond donors (Lipinski definition) is 0. The molecular weight excluding hydrogens is 473 g/mol. The van der Waals surface area contributed by atoms with Crippen LogP contribution in [-0.2, 0) is 11.3 Å². The first-order valence-corrected chi connectivity index (χ1v) is 12.2. The van der Waals surface area contributed by atoms with E-state index in [-0.39, 0.29) is 24.1 Å². The molecule has 0 radical (unpaired) electrons. The summed E-state index contributed by atoms with van der Waals surface area (Å²) in [5.74, 6) is 1.81. The van der Waals surface area contributed by atoms with Crippen LogP contribution in [0.15, 0.2) is 36.5 Å². The first kappa shape index (κ1) is 22.1. The number of piperazine rings is 1. The highest BCUT2D eigenvalue weighted by molar-refractivity contribution is 6.30. The predicted molar refractivity (Wildman–Crippen MR) is 128 cm³/mol. The van der Waals surface area contributed by atoms with Crippen molar-refractivity contribution in [1.82, 2.24) is 24.6 Å². The Morgan fingerprint density at radius 1 is 1.09 bits per heavy atom. The number of pyridine rings is 1. The number of ether oxygens (including phenoxy) is 1. The summed E-state index contributed by atoms with van der Waals surface area (Å²) in [4.78, 5) is 23.2. The van der Waals surface area contributed by atoms with Gasteiger partial charge >= 0.3 is 6.09 Å². The van der Waals surface area contributed by atoms with Crippen molar-refractivity contribution in [1.29, 1.82) is 0 Å². The highest BCUT2D eigenvalue weighted by Gasteiger charge is 2.37. The van der Waals surface area contributed by atoms with Gasteiger partial charge in [-0.3, -0.25) is 9.47 Å². The molecule has 3 aliphatic rings. The normalized spacial score (nSPS) is 19.7. The molecule has 35 heavy (non-hydrogen) atoms. The van der Waals surface area contributed by atoms with Gasteiger partial charge in [0, 0.05) is 31.2 Å². The summed E-state index contributed by atoms with van der Waals surface area (Å²) in [6.07, 6.45) is 2.73. The number of aromatic nitrogens is 4. The summed E-state index contributed by atoms with van der Waals surface area (Å²) in [6.45, 7) is 5.14. The van der Waals surface area contributed by atoms with Crippen molar-refractivity contribution in [2.45, 2.75) is 38.5 Å². The number of amides is 1. The van der Waals surface area contributed by atoms with Crippen LogP contribution in [0.5, 0.6) is 0 Å². The number of halogens is 2. The molecule has 11 heteroatoms. The Bertz CT molecular complexity index is 1260. The monoisotopic (exact) mass is 497 g/mol. The van der Waals surface area contributed by atoms with Crippen molar-refractivity contribution < 1.29 is 13.9 Å². The Balaban J connectivity index is 1.31. The number of carbonyl (C=O) groups excluding carboxylic acids is 1. The molecule has 1 unspecified atom stereocenters. The highest BCUT2D eigenvalue weighted by Crippen LogP contribution is 2.36. The molecule has 182 valence electrons. The maximum atomic E-state index is 13.3. The van der Waals surface area contributed by atoms with Gasteiger partial charge in [-0.15, -0.1) is 10.2 Å². The van der Waals surface area contributed by atoms with Crippen LogP contribution < -0.4 is 9.80 Å². The molecule has 2 fully saturated rings. The number of hydrogen-bond acceptors (Lipinski definition) is 7. The van der Waals surface area contributed by atoms with E-state index < -0.39 is 0 Å². The Morgan fingerprint density at radius 2 is 1.86 bits per heavy atom. The fourth-order valence-corrected chi connectivity index (χ4v) is 4.86. The zero-order valence-electron chi connectivity index (χ0n) is 19.3. The first-order chi connectivity index (χ1) is 17.0. The van der Waals surface area contributed by atoms with Crippen LogP contribution in [0.25, 0.3) is 5.69 Å². The smallest absolute Gasteiger partial charge is 0.410 e. The predicted octanol–water partition coefficient (Wildman–Crippen LogP) is 3.96. The molecule has 1 aromatic carbocycles. The van der Waals surface area contributed by atoms with Crippen LogP contribution in [0.2, 0.25) is 5.02 Å². The molecule has 0 spiro atoms. The van der Waals surface area contributed by atoms with E-state index in [4.69, 9.17) is 16.3 Å². The molecule has 0 bridgehead atoms. The van der Waals surface area contributed by atoms with Gasteiger partial charge in [0.05, 0.1) is 24.5 Å². The molecule has 3 aromatic rings. The second-order valence-electron chi connectivity index (χ2n) is 9.16. The Morgan fingerprint density at radius 3 is 2.57 bits per heavy atom. The van der Waals surface area contributed by atoms with E-state index in [2.05, 4.69) is 25.0 Å². The first-order valence-electron chi connectivity index (χ1n) is 11.8. The minimum atomic E-state index is -0.346. The zero-order valence-corrected chi connectivity index (χ0v) is 20.0. The molecule has 2 aromatic heterocycles. The number of nitrogens with zero attached hydrogens (tertiary/aromatic N) is 7. The van der Waals surface area contributed by atoms with E-state index >= 15 is 0 Å². The topological polar surface area (TPSA) is 79.6 Å².